The lowest BCUT2D eigenvalue weighted by molar-refractivity contribution is 0.0151. The molecule has 0 unspecified atom stereocenters. The summed E-state index contributed by atoms with van der Waals surface area (Å²) in [7, 11) is 0. The second-order valence-corrected chi connectivity index (χ2v) is 5.04. The van der Waals surface area contributed by atoms with Crippen LogP contribution in [-0.4, -0.2) is 48.4 Å². The number of carbonyl (C=O) groups excluding carboxylic acids is 1. The van der Waals surface area contributed by atoms with Crippen LogP contribution >= 0.6 is 0 Å². The Kier molecular flexibility index (Phi) is 4.15. The van der Waals surface area contributed by atoms with E-state index >= 15 is 0 Å². The summed E-state index contributed by atoms with van der Waals surface area (Å²) in [6.07, 6.45) is -0.319. The molecule has 94 valence electrons. The largest absolute Gasteiger partial charge is 0.444 e. The lowest BCUT2D eigenvalue weighted by Crippen LogP contribution is -2.51. The van der Waals surface area contributed by atoms with Crippen LogP contribution in [0.15, 0.2) is 0 Å². The Balaban J connectivity index is 2.63. The molecule has 5 nitrogen and oxygen atoms in total. The number of carbonyl (C=O) groups is 1. The fourth-order valence-electron chi connectivity index (χ4n) is 1.70. The van der Waals surface area contributed by atoms with Gasteiger partial charge in [-0.3, -0.25) is 0 Å². The number of amides is 1. The van der Waals surface area contributed by atoms with Gasteiger partial charge in [0.2, 0.25) is 0 Å². The van der Waals surface area contributed by atoms with Crippen LogP contribution in [0.5, 0.6) is 0 Å². The van der Waals surface area contributed by atoms with Gasteiger partial charge in [0.05, 0.1) is 25.3 Å². The Labute approximate surface area is 96.9 Å². The van der Waals surface area contributed by atoms with Crippen molar-refractivity contribution in [3.63, 3.8) is 0 Å². The van der Waals surface area contributed by atoms with Gasteiger partial charge in [0.25, 0.3) is 0 Å². The molecule has 0 bridgehead atoms. The fourth-order valence-corrected chi connectivity index (χ4v) is 1.70. The van der Waals surface area contributed by atoms with Crippen LogP contribution in [0.25, 0.3) is 0 Å². The van der Waals surface area contributed by atoms with Crippen molar-refractivity contribution in [1.29, 1.82) is 0 Å². The van der Waals surface area contributed by atoms with Crippen LogP contribution in [0.1, 0.15) is 27.7 Å². The molecule has 0 radical (unpaired) electrons. The van der Waals surface area contributed by atoms with Crippen molar-refractivity contribution in [3.05, 3.63) is 0 Å². The third-order valence-electron chi connectivity index (χ3n) is 2.46. The van der Waals surface area contributed by atoms with Gasteiger partial charge in [-0.1, -0.05) is 0 Å². The number of likely N-dealkylation sites (N-methyl/N-ethyl adjacent to an activating group) is 1. The number of nitrogens with two attached hydrogens (primary N) is 1. The van der Waals surface area contributed by atoms with Gasteiger partial charge in [0, 0.05) is 6.54 Å². The van der Waals surface area contributed by atoms with Crippen molar-refractivity contribution in [3.8, 4) is 0 Å². The molecule has 5 heteroatoms. The Morgan fingerprint density at radius 3 is 2.50 bits per heavy atom. The van der Waals surface area contributed by atoms with E-state index in [9.17, 15) is 4.79 Å². The van der Waals surface area contributed by atoms with Gasteiger partial charge < -0.3 is 20.1 Å². The first-order valence-corrected chi connectivity index (χ1v) is 5.68. The second-order valence-electron chi connectivity index (χ2n) is 5.04. The summed E-state index contributed by atoms with van der Waals surface area (Å²) in [4.78, 5) is 13.6. The number of nitrogens with zero attached hydrogens (tertiary/aromatic N) is 1. The molecular weight excluding hydrogens is 208 g/mol. The topological polar surface area (TPSA) is 64.8 Å². The van der Waals surface area contributed by atoms with E-state index in [0.29, 0.717) is 19.8 Å². The third kappa shape index (κ3) is 3.35. The zero-order chi connectivity index (χ0) is 12.3. The summed E-state index contributed by atoms with van der Waals surface area (Å²) >= 11 is 0. The van der Waals surface area contributed by atoms with E-state index in [1.165, 1.54) is 0 Å². The Morgan fingerprint density at radius 2 is 2.12 bits per heavy atom. The highest BCUT2D eigenvalue weighted by Crippen LogP contribution is 2.16. The summed E-state index contributed by atoms with van der Waals surface area (Å²) < 4.78 is 10.6. The second kappa shape index (κ2) is 5.01. The maximum absolute atomic E-state index is 11.9. The van der Waals surface area contributed by atoms with Gasteiger partial charge in [-0.05, 0) is 27.7 Å². The lowest BCUT2D eigenvalue weighted by atomic mass is 10.1. The summed E-state index contributed by atoms with van der Waals surface area (Å²) in [5.41, 5.74) is 5.40. The van der Waals surface area contributed by atoms with Gasteiger partial charge in [-0.15, -0.1) is 0 Å². The van der Waals surface area contributed by atoms with Crippen LogP contribution in [0, 0.1) is 0 Å². The molecule has 0 aromatic carbocycles. The van der Waals surface area contributed by atoms with Gasteiger partial charge >= 0.3 is 6.09 Å². The number of hydrogen-bond donors (Lipinski definition) is 1. The highest BCUT2D eigenvalue weighted by molar-refractivity contribution is 5.68. The van der Waals surface area contributed by atoms with E-state index < -0.39 is 5.60 Å². The van der Waals surface area contributed by atoms with Crippen LogP contribution in [0.4, 0.5) is 4.79 Å². The van der Waals surface area contributed by atoms with Crippen LogP contribution in [0.3, 0.4) is 0 Å². The molecule has 2 atom stereocenters. The van der Waals surface area contributed by atoms with Crippen LogP contribution in [0.2, 0.25) is 0 Å². The maximum Gasteiger partial charge on any atom is 0.410 e. The SMILES string of the molecule is CCN(C(=O)OC(C)(C)C)[C@@H]1COC[C@@H]1N. The van der Waals surface area contributed by atoms with Crippen molar-refractivity contribution in [2.45, 2.75) is 45.4 Å². The first-order valence-electron chi connectivity index (χ1n) is 5.68. The minimum atomic E-state index is -0.478. The summed E-state index contributed by atoms with van der Waals surface area (Å²) in [5.74, 6) is 0. The maximum atomic E-state index is 11.9. The Bertz CT molecular complexity index is 250. The number of rotatable bonds is 2. The molecule has 16 heavy (non-hydrogen) atoms. The van der Waals surface area contributed by atoms with Crippen molar-refractivity contribution < 1.29 is 14.3 Å². The minimum Gasteiger partial charge on any atom is -0.444 e. The van der Waals surface area contributed by atoms with Crippen molar-refractivity contribution in [1.82, 2.24) is 4.90 Å². The normalized spacial score (nSPS) is 25.6. The van der Waals surface area contributed by atoms with E-state index in [4.69, 9.17) is 15.2 Å². The van der Waals surface area contributed by atoms with Crippen LogP contribution in [-0.2, 0) is 9.47 Å². The Morgan fingerprint density at radius 1 is 1.50 bits per heavy atom. The average molecular weight is 230 g/mol. The predicted molar refractivity (Wildman–Crippen MR) is 61.2 cm³/mol. The van der Waals surface area contributed by atoms with Crippen molar-refractivity contribution >= 4 is 6.09 Å². The van der Waals surface area contributed by atoms with Gasteiger partial charge in [0.15, 0.2) is 0 Å². The number of ether oxygens (including phenoxy) is 2. The first kappa shape index (κ1) is 13.3. The van der Waals surface area contributed by atoms with Crippen molar-refractivity contribution in [2.75, 3.05) is 19.8 Å². The molecule has 2 N–H and O–H groups in total. The smallest absolute Gasteiger partial charge is 0.410 e. The first-order chi connectivity index (χ1) is 7.35. The lowest BCUT2D eigenvalue weighted by Gasteiger charge is -2.31. The molecule has 1 aliphatic rings. The average Bonchev–Trinajstić information content (AvgIpc) is 2.50. The van der Waals surface area contributed by atoms with Gasteiger partial charge in [0.1, 0.15) is 5.60 Å². The molecule has 1 aliphatic heterocycles. The van der Waals surface area contributed by atoms with E-state index in [2.05, 4.69) is 0 Å². The predicted octanol–water partition coefficient (Wildman–Crippen LogP) is 0.970. The molecule has 0 aromatic rings. The molecule has 0 spiro atoms. The molecule has 0 saturated carbocycles. The summed E-state index contributed by atoms with van der Waals surface area (Å²) in [6.45, 7) is 9.04. The van der Waals surface area contributed by atoms with E-state index in [1.54, 1.807) is 4.90 Å². The highest BCUT2D eigenvalue weighted by Gasteiger charge is 2.34. The number of hydrogen-bond acceptors (Lipinski definition) is 4. The molecule has 1 amide bonds. The Hall–Kier alpha value is -0.810. The molecule has 1 saturated heterocycles. The molecular formula is C11H22N2O3. The van der Waals surface area contributed by atoms with E-state index in [1.807, 2.05) is 27.7 Å². The molecule has 1 fully saturated rings. The van der Waals surface area contributed by atoms with Crippen molar-refractivity contribution in [2.24, 2.45) is 5.73 Å². The van der Waals surface area contributed by atoms with E-state index in [-0.39, 0.29) is 18.2 Å². The molecule has 1 rings (SSSR count). The van der Waals surface area contributed by atoms with Gasteiger partial charge in [-0.2, -0.15) is 0 Å². The zero-order valence-corrected chi connectivity index (χ0v) is 10.5. The fraction of sp³-hybridized carbons (Fsp3) is 0.909. The standard InChI is InChI=1S/C11H22N2O3/c1-5-13(9-7-15-6-8(9)12)10(14)16-11(2,3)4/h8-9H,5-7,12H2,1-4H3/t8-,9+/m0/s1. The quantitative estimate of drug-likeness (QED) is 0.767. The monoisotopic (exact) mass is 230 g/mol. The molecule has 1 heterocycles. The zero-order valence-electron chi connectivity index (χ0n) is 10.5. The minimum absolute atomic E-state index is 0.0696. The molecule has 0 aromatic heterocycles. The molecule has 0 aliphatic carbocycles. The summed E-state index contributed by atoms with van der Waals surface area (Å²) in [5, 5.41) is 0. The van der Waals surface area contributed by atoms with Crippen LogP contribution < -0.4 is 5.73 Å². The third-order valence-corrected chi connectivity index (χ3v) is 2.46. The highest BCUT2D eigenvalue weighted by atomic mass is 16.6. The van der Waals surface area contributed by atoms with Gasteiger partial charge in [-0.25, -0.2) is 4.79 Å². The van der Waals surface area contributed by atoms with E-state index in [0.717, 1.165) is 0 Å². The summed E-state index contributed by atoms with van der Waals surface area (Å²) in [6, 6.07) is -0.188.